The number of anilines is 1. The third-order valence-electron chi connectivity index (χ3n) is 3.74. The number of aryl methyl sites for hydroxylation is 2. The number of hydrogen-bond acceptors (Lipinski definition) is 5. The highest BCUT2D eigenvalue weighted by molar-refractivity contribution is 7.98. The van der Waals surface area contributed by atoms with Gasteiger partial charge in [-0.25, -0.2) is 0 Å². The Bertz CT molecular complexity index is 633. The maximum Gasteiger partial charge on any atom is 0.227 e. The fourth-order valence-corrected chi connectivity index (χ4v) is 3.13. The van der Waals surface area contributed by atoms with E-state index in [1.54, 1.807) is 0 Å². The Morgan fingerprint density at radius 3 is 2.61 bits per heavy atom. The molecule has 5 nitrogen and oxygen atoms in total. The summed E-state index contributed by atoms with van der Waals surface area (Å²) in [6.07, 6.45) is 3.29. The van der Waals surface area contributed by atoms with Gasteiger partial charge < -0.3 is 9.32 Å². The summed E-state index contributed by atoms with van der Waals surface area (Å²) < 4.78 is 7.90. The standard InChI is InChI=1S/C17H28N4OS/c1-12(2)11-21-16(15-10-13(3)22-14(15)4)18-19-17(21)20(5)8-7-9-23-6/h10,12H,7-9,11H2,1-6H3. The molecule has 23 heavy (non-hydrogen) atoms. The van der Waals surface area contributed by atoms with Gasteiger partial charge >= 0.3 is 0 Å². The van der Waals surface area contributed by atoms with E-state index in [0.717, 1.165) is 54.1 Å². The Kier molecular flexibility index (Phi) is 6.16. The third kappa shape index (κ3) is 4.31. The zero-order valence-corrected chi connectivity index (χ0v) is 15.9. The minimum Gasteiger partial charge on any atom is -0.466 e. The molecule has 0 aliphatic rings. The lowest BCUT2D eigenvalue weighted by Crippen LogP contribution is -2.24. The van der Waals surface area contributed by atoms with Crippen molar-refractivity contribution in [3.63, 3.8) is 0 Å². The van der Waals surface area contributed by atoms with E-state index in [2.05, 4.69) is 46.8 Å². The Balaban J connectivity index is 2.34. The van der Waals surface area contributed by atoms with Crippen molar-refractivity contribution in [2.75, 3.05) is 30.5 Å². The topological polar surface area (TPSA) is 47.1 Å². The minimum absolute atomic E-state index is 0.524. The van der Waals surface area contributed by atoms with Gasteiger partial charge in [-0.1, -0.05) is 13.8 Å². The molecule has 6 heteroatoms. The lowest BCUT2D eigenvalue weighted by molar-refractivity contribution is 0.503. The molecule has 0 amide bonds. The molecule has 2 aromatic rings. The van der Waals surface area contributed by atoms with Crippen LogP contribution in [0.4, 0.5) is 5.95 Å². The maximum atomic E-state index is 5.68. The Morgan fingerprint density at radius 2 is 2.04 bits per heavy atom. The van der Waals surface area contributed by atoms with Crippen molar-refractivity contribution in [2.24, 2.45) is 5.92 Å². The van der Waals surface area contributed by atoms with Crippen LogP contribution in [-0.4, -0.2) is 40.4 Å². The Hall–Kier alpha value is -1.43. The molecule has 0 atom stereocenters. The van der Waals surface area contributed by atoms with Gasteiger partial charge in [0.2, 0.25) is 5.95 Å². The van der Waals surface area contributed by atoms with Gasteiger partial charge in [-0.2, -0.15) is 11.8 Å². The highest BCUT2D eigenvalue weighted by atomic mass is 32.2. The SMILES string of the molecule is CSCCCN(C)c1nnc(-c2cc(C)oc2C)n1CC(C)C. The fourth-order valence-electron chi connectivity index (χ4n) is 2.71. The molecular formula is C17H28N4OS. The second kappa shape index (κ2) is 7.90. The van der Waals surface area contributed by atoms with Crippen LogP contribution in [0.5, 0.6) is 0 Å². The normalized spacial score (nSPS) is 11.4. The second-order valence-electron chi connectivity index (χ2n) is 6.42. The first-order chi connectivity index (χ1) is 10.9. The van der Waals surface area contributed by atoms with Crippen LogP contribution in [0.1, 0.15) is 31.8 Å². The van der Waals surface area contributed by atoms with Crippen molar-refractivity contribution in [3.05, 3.63) is 17.6 Å². The molecule has 0 spiro atoms. The number of nitrogens with zero attached hydrogens (tertiary/aromatic N) is 4. The van der Waals surface area contributed by atoms with Crippen molar-refractivity contribution >= 4 is 17.7 Å². The first-order valence-electron chi connectivity index (χ1n) is 8.14. The number of aromatic nitrogens is 3. The minimum atomic E-state index is 0.524. The van der Waals surface area contributed by atoms with Gasteiger partial charge in [0.25, 0.3) is 0 Å². The smallest absolute Gasteiger partial charge is 0.227 e. The molecule has 0 bridgehead atoms. The highest BCUT2D eigenvalue weighted by Gasteiger charge is 2.20. The van der Waals surface area contributed by atoms with Gasteiger partial charge in [0, 0.05) is 20.1 Å². The zero-order valence-electron chi connectivity index (χ0n) is 15.1. The number of hydrogen-bond donors (Lipinski definition) is 0. The lowest BCUT2D eigenvalue weighted by Gasteiger charge is -2.20. The summed E-state index contributed by atoms with van der Waals surface area (Å²) in [5.74, 6) is 5.34. The van der Waals surface area contributed by atoms with Crippen LogP contribution in [0.3, 0.4) is 0 Å². The van der Waals surface area contributed by atoms with E-state index in [1.807, 2.05) is 31.7 Å². The molecule has 0 radical (unpaired) electrons. The highest BCUT2D eigenvalue weighted by Crippen LogP contribution is 2.28. The zero-order chi connectivity index (χ0) is 17.0. The van der Waals surface area contributed by atoms with Crippen LogP contribution in [0.25, 0.3) is 11.4 Å². The van der Waals surface area contributed by atoms with E-state index in [1.165, 1.54) is 0 Å². The average molecular weight is 337 g/mol. The monoisotopic (exact) mass is 336 g/mol. The van der Waals surface area contributed by atoms with E-state index in [0.29, 0.717) is 5.92 Å². The predicted molar refractivity (Wildman–Crippen MR) is 98.3 cm³/mol. The van der Waals surface area contributed by atoms with Gasteiger partial charge in [0.15, 0.2) is 5.82 Å². The van der Waals surface area contributed by atoms with E-state index < -0.39 is 0 Å². The van der Waals surface area contributed by atoms with Gasteiger partial charge in [0.05, 0.1) is 5.56 Å². The van der Waals surface area contributed by atoms with Crippen LogP contribution < -0.4 is 4.90 Å². The van der Waals surface area contributed by atoms with E-state index in [4.69, 9.17) is 4.42 Å². The molecule has 2 heterocycles. The van der Waals surface area contributed by atoms with Crippen LogP contribution in [0.15, 0.2) is 10.5 Å². The van der Waals surface area contributed by atoms with Crippen molar-refractivity contribution < 1.29 is 4.42 Å². The summed E-state index contributed by atoms with van der Waals surface area (Å²) in [6.45, 7) is 10.3. The van der Waals surface area contributed by atoms with E-state index in [-0.39, 0.29) is 0 Å². The summed E-state index contributed by atoms with van der Waals surface area (Å²) in [5, 5.41) is 8.93. The van der Waals surface area contributed by atoms with Gasteiger partial charge in [-0.3, -0.25) is 4.57 Å². The molecule has 0 fully saturated rings. The van der Waals surface area contributed by atoms with Crippen molar-refractivity contribution in [1.29, 1.82) is 0 Å². The summed E-state index contributed by atoms with van der Waals surface area (Å²) in [4.78, 5) is 2.21. The van der Waals surface area contributed by atoms with Crippen molar-refractivity contribution in [1.82, 2.24) is 14.8 Å². The third-order valence-corrected chi connectivity index (χ3v) is 4.44. The molecule has 0 saturated carbocycles. The lowest BCUT2D eigenvalue weighted by atomic mass is 10.2. The molecule has 0 aromatic carbocycles. The largest absolute Gasteiger partial charge is 0.466 e. The summed E-state index contributed by atoms with van der Waals surface area (Å²) in [5.41, 5.74) is 1.04. The molecule has 0 N–H and O–H groups in total. The molecule has 2 aromatic heterocycles. The summed E-state index contributed by atoms with van der Waals surface area (Å²) in [7, 11) is 2.10. The molecule has 0 saturated heterocycles. The first-order valence-corrected chi connectivity index (χ1v) is 9.54. The maximum absolute atomic E-state index is 5.68. The van der Waals surface area contributed by atoms with Crippen LogP contribution in [-0.2, 0) is 6.54 Å². The molecular weight excluding hydrogens is 308 g/mol. The van der Waals surface area contributed by atoms with Crippen LogP contribution in [0.2, 0.25) is 0 Å². The number of thioether (sulfide) groups is 1. The van der Waals surface area contributed by atoms with Gasteiger partial charge in [0.1, 0.15) is 11.5 Å². The fraction of sp³-hybridized carbons (Fsp3) is 0.647. The average Bonchev–Trinajstić information content (AvgIpc) is 3.01. The van der Waals surface area contributed by atoms with E-state index in [9.17, 15) is 0 Å². The van der Waals surface area contributed by atoms with Crippen LogP contribution >= 0.6 is 11.8 Å². The summed E-state index contributed by atoms with van der Waals surface area (Å²) in [6, 6.07) is 2.05. The number of rotatable bonds is 8. The predicted octanol–water partition coefficient (Wildman–Crippen LogP) is 4.00. The molecule has 0 unspecified atom stereocenters. The quantitative estimate of drug-likeness (QED) is 0.682. The van der Waals surface area contributed by atoms with E-state index >= 15 is 0 Å². The van der Waals surface area contributed by atoms with Crippen LogP contribution in [0, 0.1) is 19.8 Å². The molecule has 0 aliphatic heterocycles. The molecule has 0 aliphatic carbocycles. The molecule has 2 rings (SSSR count). The molecule has 128 valence electrons. The van der Waals surface area contributed by atoms with Crippen molar-refractivity contribution in [2.45, 2.75) is 40.7 Å². The summed E-state index contributed by atoms with van der Waals surface area (Å²) >= 11 is 1.88. The Labute approximate surface area is 143 Å². The van der Waals surface area contributed by atoms with Crippen molar-refractivity contribution in [3.8, 4) is 11.4 Å². The second-order valence-corrected chi connectivity index (χ2v) is 7.41. The van der Waals surface area contributed by atoms with Gasteiger partial charge in [-0.15, -0.1) is 10.2 Å². The first kappa shape index (κ1) is 17.9. The Morgan fingerprint density at radius 1 is 1.30 bits per heavy atom. The number of furan rings is 1. The van der Waals surface area contributed by atoms with Gasteiger partial charge in [-0.05, 0) is 44.3 Å².